The van der Waals surface area contributed by atoms with Gasteiger partial charge in [-0.1, -0.05) is 0 Å². The quantitative estimate of drug-likeness (QED) is 0.797. The van der Waals surface area contributed by atoms with Gasteiger partial charge in [-0.25, -0.2) is 4.68 Å². The highest BCUT2D eigenvalue weighted by atomic mass is 16.2. The van der Waals surface area contributed by atoms with Crippen LogP contribution >= 0.6 is 0 Å². The molecule has 7 nitrogen and oxygen atoms in total. The minimum Gasteiger partial charge on any atom is -0.340 e. The van der Waals surface area contributed by atoms with E-state index in [1.165, 1.54) is 4.68 Å². The number of pyridine rings is 1. The van der Waals surface area contributed by atoms with E-state index in [0.717, 1.165) is 56.8 Å². The number of carbonyl (C=O) groups is 1. The number of piperazine rings is 1. The topological polar surface area (TPSA) is 71.3 Å². The van der Waals surface area contributed by atoms with Crippen molar-refractivity contribution >= 4 is 5.91 Å². The molecule has 0 spiro atoms. The molecule has 4 rings (SSSR count). The van der Waals surface area contributed by atoms with E-state index >= 15 is 0 Å². The predicted molar refractivity (Wildman–Crippen MR) is 97.5 cm³/mol. The molecule has 136 valence electrons. The van der Waals surface area contributed by atoms with Gasteiger partial charge in [0.2, 0.25) is 5.91 Å². The smallest absolute Gasteiger partial charge is 0.266 e. The number of nitrogens with zero attached hydrogens (tertiary/aromatic N) is 5. The summed E-state index contributed by atoms with van der Waals surface area (Å²) >= 11 is 0. The Morgan fingerprint density at radius 1 is 1.08 bits per heavy atom. The third-order valence-electron chi connectivity index (χ3n) is 5.06. The highest BCUT2D eigenvalue weighted by Crippen LogP contribution is 2.31. The van der Waals surface area contributed by atoms with Crippen LogP contribution in [0.5, 0.6) is 0 Å². The highest BCUT2D eigenvalue weighted by Gasteiger charge is 2.34. The standard InChI is InChI=1S/C19H23N5O2/c25-18-6-5-17(16-2-1-7-20-14-16)21-24(18)13-10-22-8-11-23(12-9-22)19(26)15-3-4-15/h1-2,5-7,14-15H,3-4,8-13H2. The molecule has 0 bridgehead atoms. The summed E-state index contributed by atoms with van der Waals surface area (Å²) < 4.78 is 1.52. The van der Waals surface area contributed by atoms with Gasteiger partial charge in [-0.2, -0.15) is 5.10 Å². The zero-order valence-electron chi connectivity index (χ0n) is 14.8. The maximum absolute atomic E-state index is 12.1. The predicted octanol–water partition coefficient (Wildman–Crippen LogP) is 0.859. The lowest BCUT2D eigenvalue weighted by Crippen LogP contribution is -2.50. The van der Waals surface area contributed by atoms with Gasteiger partial charge < -0.3 is 4.90 Å². The summed E-state index contributed by atoms with van der Waals surface area (Å²) in [5, 5.41) is 4.47. The van der Waals surface area contributed by atoms with Crippen molar-refractivity contribution in [1.29, 1.82) is 0 Å². The van der Waals surface area contributed by atoms with Gasteiger partial charge in [0.05, 0.1) is 12.2 Å². The van der Waals surface area contributed by atoms with E-state index in [4.69, 9.17) is 0 Å². The van der Waals surface area contributed by atoms with E-state index in [2.05, 4.69) is 15.0 Å². The molecule has 2 aliphatic rings. The Hall–Kier alpha value is -2.54. The lowest BCUT2D eigenvalue weighted by molar-refractivity contribution is -0.134. The molecule has 7 heteroatoms. The van der Waals surface area contributed by atoms with Crippen molar-refractivity contribution < 1.29 is 4.79 Å². The number of hydrogen-bond donors (Lipinski definition) is 0. The lowest BCUT2D eigenvalue weighted by Gasteiger charge is -2.34. The fourth-order valence-corrected chi connectivity index (χ4v) is 3.29. The van der Waals surface area contributed by atoms with Crippen molar-refractivity contribution in [1.82, 2.24) is 24.6 Å². The van der Waals surface area contributed by atoms with Crippen LogP contribution in [-0.2, 0) is 11.3 Å². The van der Waals surface area contributed by atoms with E-state index in [1.807, 2.05) is 17.0 Å². The normalized spacial score (nSPS) is 18.1. The van der Waals surface area contributed by atoms with Crippen LogP contribution in [0.15, 0.2) is 41.5 Å². The van der Waals surface area contributed by atoms with Crippen LogP contribution < -0.4 is 5.56 Å². The number of hydrogen-bond acceptors (Lipinski definition) is 5. The second kappa shape index (κ2) is 7.37. The molecular formula is C19H23N5O2. The molecule has 0 atom stereocenters. The van der Waals surface area contributed by atoms with E-state index in [1.54, 1.807) is 24.5 Å². The van der Waals surface area contributed by atoms with Crippen LogP contribution in [-0.4, -0.2) is 63.2 Å². The zero-order valence-corrected chi connectivity index (χ0v) is 14.8. The summed E-state index contributed by atoms with van der Waals surface area (Å²) in [6, 6.07) is 7.08. The Bertz CT molecular complexity index is 823. The Kier molecular flexibility index (Phi) is 4.79. The van der Waals surface area contributed by atoms with Crippen molar-refractivity contribution in [3.8, 4) is 11.3 Å². The molecule has 0 aromatic carbocycles. The third kappa shape index (κ3) is 3.83. The summed E-state index contributed by atoms with van der Waals surface area (Å²) in [7, 11) is 0. The summed E-state index contributed by atoms with van der Waals surface area (Å²) in [6.07, 6.45) is 5.57. The van der Waals surface area contributed by atoms with Crippen molar-refractivity contribution in [2.75, 3.05) is 32.7 Å². The van der Waals surface area contributed by atoms with Gasteiger partial charge in [0, 0.05) is 62.7 Å². The molecule has 1 saturated carbocycles. The molecule has 0 unspecified atom stereocenters. The molecular weight excluding hydrogens is 330 g/mol. The molecule has 2 fully saturated rings. The van der Waals surface area contributed by atoms with E-state index in [0.29, 0.717) is 18.4 Å². The average molecular weight is 353 g/mol. The van der Waals surface area contributed by atoms with Crippen LogP contribution in [0.4, 0.5) is 0 Å². The first-order valence-electron chi connectivity index (χ1n) is 9.20. The van der Waals surface area contributed by atoms with Gasteiger partial charge in [0.15, 0.2) is 0 Å². The van der Waals surface area contributed by atoms with Gasteiger partial charge in [-0.3, -0.25) is 19.5 Å². The van der Waals surface area contributed by atoms with Gasteiger partial charge in [-0.15, -0.1) is 0 Å². The zero-order chi connectivity index (χ0) is 17.9. The van der Waals surface area contributed by atoms with Crippen LogP contribution in [0.3, 0.4) is 0 Å². The van der Waals surface area contributed by atoms with E-state index in [-0.39, 0.29) is 5.56 Å². The van der Waals surface area contributed by atoms with Crippen molar-refractivity contribution in [3.05, 3.63) is 47.0 Å². The monoisotopic (exact) mass is 353 g/mol. The number of amides is 1. The average Bonchev–Trinajstić information content (AvgIpc) is 3.53. The Labute approximate surface area is 152 Å². The summed E-state index contributed by atoms with van der Waals surface area (Å²) in [5.74, 6) is 0.617. The Morgan fingerprint density at radius 3 is 2.58 bits per heavy atom. The van der Waals surface area contributed by atoms with Crippen LogP contribution in [0.1, 0.15) is 12.8 Å². The Balaban J connectivity index is 1.35. The minimum absolute atomic E-state index is 0.0970. The van der Waals surface area contributed by atoms with Crippen LogP contribution in [0, 0.1) is 5.92 Å². The molecule has 1 aliphatic carbocycles. The number of aromatic nitrogens is 3. The van der Waals surface area contributed by atoms with E-state index in [9.17, 15) is 9.59 Å². The van der Waals surface area contributed by atoms with Crippen LogP contribution in [0.2, 0.25) is 0 Å². The molecule has 2 aromatic heterocycles. The SMILES string of the molecule is O=C(C1CC1)N1CCN(CCn2nc(-c3cccnc3)ccc2=O)CC1. The molecule has 1 aliphatic heterocycles. The lowest BCUT2D eigenvalue weighted by atomic mass is 10.2. The minimum atomic E-state index is -0.0970. The third-order valence-corrected chi connectivity index (χ3v) is 5.06. The molecule has 0 N–H and O–H groups in total. The van der Waals surface area contributed by atoms with Gasteiger partial charge in [-0.05, 0) is 31.0 Å². The summed E-state index contributed by atoms with van der Waals surface area (Å²) in [4.78, 5) is 32.6. The van der Waals surface area contributed by atoms with Crippen molar-refractivity contribution in [2.24, 2.45) is 5.92 Å². The fraction of sp³-hybridized carbons (Fsp3) is 0.474. The summed E-state index contributed by atoms with van der Waals surface area (Å²) in [5.41, 5.74) is 1.55. The van der Waals surface area contributed by atoms with Crippen molar-refractivity contribution in [3.63, 3.8) is 0 Å². The van der Waals surface area contributed by atoms with Crippen molar-refractivity contribution in [2.45, 2.75) is 19.4 Å². The fourth-order valence-electron chi connectivity index (χ4n) is 3.29. The second-order valence-corrected chi connectivity index (χ2v) is 6.96. The first-order valence-corrected chi connectivity index (χ1v) is 9.20. The number of carbonyl (C=O) groups excluding carboxylic acids is 1. The number of rotatable bonds is 5. The summed E-state index contributed by atoms with van der Waals surface area (Å²) in [6.45, 7) is 4.59. The molecule has 26 heavy (non-hydrogen) atoms. The largest absolute Gasteiger partial charge is 0.340 e. The molecule has 3 heterocycles. The van der Waals surface area contributed by atoms with Gasteiger partial charge in [0.25, 0.3) is 5.56 Å². The Morgan fingerprint density at radius 2 is 1.88 bits per heavy atom. The maximum atomic E-state index is 12.1. The van der Waals surface area contributed by atoms with E-state index < -0.39 is 0 Å². The van der Waals surface area contributed by atoms with Gasteiger partial charge >= 0.3 is 0 Å². The van der Waals surface area contributed by atoms with Gasteiger partial charge in [0.1, 0.15) is 0 Å². The molecule has 2 aromatic rings. The first kappa shape index (κ1) is 16.9. The maximum Gasteiger partial charge on any atom is 0.266 e. The molecule has 1 amide bonds. The first-order chi connectivity index (χ1) is 12.7. The molecule has 1 saturated heterocycles. The molecule has 0 radical (unpaired) electrons. The second-order valence-electron chi connectivity index (χ2n) is 6.96. The van der Waals surface area contributed by atoms with Crippen LogP contribution in [0.25, 0.3) is 11.3 Å². The highest BCUT2D eigenvalue weighted by molar-refractivity contribution is 5.81.